The SMILES string of the molecule is COc1cccc(C(=O)CCC(=O)c2ccc3c(c2)SCCO3)c1. The summed E-state index contributed by atoms with van der Waals surface area (Å²) in [5, 5.41) is 0. The quantitative estimate of drug-likeness (QED) is 0.742. The van der Waals surface area contributed by atoms with Crippen molar-refractivity contribution in [3.63, 3.8) is 0 Å². The van der Waals surface area contributed by atoms with Gasteiger partial charge in [0, 0.05) is 29.7 Å². The Morgan fingerprint density at radius 3 is 2.58 bits per heavy atom. The summed E-state index contributed by atoms with van der Waals surface area (Å²) in [6.45, 7) is 0.694. The van der Waals surface area contributed by atoms with Crippen LogP contribution in [-0.2, 0) is 0 Å². The molecule has 0 saturated heterocycles. The molecule has 0 fully saturated rings. The number of carbonyl (C=O) groups is 2. The van der Waals surface area contributed by atoms with Crippen LogP contribution in [0.1, 0.15) is 33.6 Å². The summed E-state index contributed by atoms with van der Waals surface area (Å²) in [6, 6.07) is 12.4. The smallest absolute Gasteiger partial charge is 0.163 e. The predicted molar refractivity (Wildman–Crippen MR) is 93.6 cm³/mol. The van der Waals surface area contributed by atoms with Crippen molar-refractivity contribution >= 4 is 23.3 Å². The normalized spacial score (nSPS) is 12.9. The summed E-state index contributed by atoms with van der Waals surface area (Å²) in [7, 11) is 1.56. The van der Waals surface area contributed by atoms with Crippen LogP contribution in [0.2, 0.25) is 0 Å². The second-order valence-corrected chi connectivity index (χ2v) is 6.57. The predicted octanol–water partition coefficient (Wildman–Crippen LogP) is 4.03. The van der Waals surface area contributed by atoms with Crippen LogP contribution in [0.15, 0.2) is 47.4 Å². The van der Waals surface area contributed by atoms with Crippen LogP contribution in [0, 0.1) is 0 Å². The molecule has 0 aromatic heterocycles. The Bertz CT molecular complexity index is 770. The van der Waals surface area contributed by atoms with E-state index in [1.54, 1.807) is 49.2 Å². The van der Waals surface area contributed by atoms with E-state index in [0.29, 0.717) is 23.5 Å². The van der Waals surface area contributed by atoms with E-state index in [-0.39, 0.29) is 24.4 Å². The van der Waals surface area contributed by atoms with Crippen LogP contribution in [0.5, 0.6) is 11.5 Å². The first kappa shape index (κ1) is 16.6. The summed E-state index contributed by atoms with van der Waals surface area (Å²) in [5.41, 5.74) is 1.20. The fourth-order valence-electron chi connectivity index (χ4n) is 2.53. The highest BCUT2D eigenvalue weighted by molar-refractivity contribution is 7.99. The molecular formula is C19H18O4S. The van der Waals surface area contributed by atoms with Crippen molar-refractivity contribution in [2.45, 2.75) is 17.7 Å². The molecule has 0 N–H and O–H groups in total. The van der Waals surface area contributed by atoms with Crippen molar-refractivity contribution in [2.75, 3.05) is 19.5 Å². The van der Waals surface area contributed by atoms with Gasteiger partial charge in [-0.3, -0.25) is 9.59 Å². The monoisotopic (exact) mass is 342 g/mol. The lowest BCUT2D eigenvalue weighted by Gasteiger charge is -2.17. The molecule has 2 aromatic carbocycles. The van der Waals surface area contributed by atoms with Crippen molar-refractivity contribution < 1.29 is 19.1 Å². The zero-order chi connectivity index (χ0) is 16.9. The van der Waals surface area contributed by atoms with Crippen molar-refractivity contribution in [2.24, 2.45) is 0 Å². The highest BCUT2D eigenvalue weighted by Gasteiger charge is 2.16. The Hall–Kier alpha value is -2.27. The largest absolute Gasteiger partial charge is 0.497 e. The molecule has 5 heteroatoms. The number of hydrogen-bond donors (Lipinski definition) is 0. The van der Waals surface area contributed by atoms with Gasteiger partial charge in [0.15, 0.2) is 11.6 Å². The van der Waals surface area contributed by atoms with E-state index in [1.807, 2.05) is 12.1 Å². The van der Waals surface area contributed by atoms with Crippen molar-refractivity contribution in [1.82, 2.24) is 0 Å². The molecule has 1 aliphatic rings. The molecule has 3 rings (SSSR count). The molecule has 0 amide bonds. The Morgan fingerprint density at radius 1 is 1.08 bits per heavy atom. The molecule has 4 nitrogen and oxygen atoms in total. The summed E-state index contributed by atoms with van der Waals surface area (Å²) >= 11 is 1.69. The molecule has 1 aliphatic heterocycles. The molecular weight excluding hydrogens is 324 g/mol. The maximum atomic E-state index is 12.4. The minimum absolute atomic E-state index is 0.0276. The summed E-state index contributed by atoms with van der Waals surface area (Å²) in [4.78, 5) is 25.6. The molecule has 124 valence electrons. The molecule has 0 spiro atoms. The van der Waals surface area contributed by atoms with E-state index >= 15 is 0 Å². The minimum Gasteiger partial charge on any atom is -0.497 e. The Labute approximate surface area is 145 Å². The molecule has 0 unspecified atom stereocenters. The Morgan fingerprint density at radius 2 is 1.83 bits per heavy atom. The van der Waals surface area contributed by atoms with Gasteiger partial charge in [0.1, 0.15) is 11.5 Å². The molecule has 0 atom stereocenters. The third-order valence-corrected chi connectivity index (χ3v) is 4.84. The maximum absolute atomic E-state index is 12.4. The highest BCUT2D eigenvalue weighted by Crippen LogP contribution is 2.34. The highest BCUT2D eigenvalue weighted by atomic mass is 32.2. The molecule has 0 radical (unpaired) electrons. The number of Topliss-reactive ketones (excluding diaryl/α,β-unsaturated/α-hetero) is 2. The van der Waals surface area contributed by atoms with Crippen molar-refractivity contribution in [3.05, 3.63) is 53.6 Å². The lowest BCUT2D eigenvalue weighted by molar-refractivity contribution is 0.0917. The molecule has 0 aliphatic carbocycles. The number of carbonyl (C=O) groups excluding carboxylic acids is 2. The lowest BCUT2D eigenvalue weighted by atomic mass is 10.0. The standard InChI is InChI=1S/C19H18O4S/c1-22-15-4-2-3-13(11-15)16(20)6-7-17(21)14-5-8-18-19(12-14)24-10-9-23-18/h2-5,8,11-12H,6-7,9-10H2,1H3. The zero-order valence-corrected chi connectivity index (χ0v) is 14.2. The fraction of sp³-hybridized carbons (Fsp3) is 0.263. The lowest BCUT2D eigenvalue weighted by Crippen LogP contribution is -2.09. The molecule has 24 heavy (non-hydrogen) atoms. The topological polar surface area (TPSA) is 52.6 Å². The number of benzene rings is 2. The number of ether oxygens (including phenoxy) is 2. The average Bonchev–Trinajstić information content (AvgIpc) is 2.65. The minimum atomic E-state index is -0.0575. The van der Waals surface area contributed by atoms with E-state index < -0.39 is 0 Å². The van der Waals surface area contributed by atoms with Crippen LogP contribution >= 0.6 is 11.8 Å². The Kier molecular flexibility index (Phi) is 5.20. The van der Waals surface area contributed by atoms with Crippen molar-refractivity contribution in [1.29, 1.82) is 0 Å². The van der Waals surface area contributed by atoms with E-state index in [4.69, 9.17) is 9.47 Å². The molecule has 0 bridgehead atoms. The molecule has 2 aromatic rings. The van der Waals surface area contributed by atoms with Gasteiger partial charge in [0.05, 0.1) is 18.6 Å². The number of ketones is 2. The number of fused-ring (bicyclic) bond motifs is 1. The summed E-state index contributed by atoms with van der Waals surface area (Å²) < 4.78 is 10.7. The third kappa shape index (κ3) is 3.79. The first-order valence-electron chi connectivity index (χ1n) is 7.77. The second-order valence-electron chi connectivity index (χ2n) is 5.44. The fourth-order valence-corrected chi connectivity index (χ4v) is 3.40. The van der Waals surface area contributed by atoms with E-state index in [0.717, 1.165) is 16.4 Å². The van der Waals surface area contributed by atoms with Gasteiger partial charge in [-0.05, 0) is 30.3 Å². The van der Waals surface area contributed by atoms with Crippen LogP contribution in [0.25, 0.3) is 0 Å². The van der Waals surface area contributed by atoms with Gasteiger partial charge in [-0.25, -0.2) is 0 Å². The van der Waals surface area contributed by atoms with Gasteiger partial charge in [-0.15, -0.1) is 11.8 Å². The number of thioether (sulfide) groups is 1. The van der Waals surface area contributed by atoms with Gasteiger partial charge in [0.25, 0.3) is 0 Å². The number of methoxy groups -OCH3 is 1. The molecule has 0 saturated carbocycles. The van der Waals surface area contributed by atoms with Crippen LogP contribution < -0.4 is 9.47 Å². The third-order valence-electron chi connectivity index (χ3n) is 3.83. The maximum Gasteiger partial charge on any atom is 0.163 e. The first-order chi connectivity index (χ1) is 11.7. The van der Waals surface area contributed by atoms with Gasteiger partial charge in [-0.2, -0.15) is 0 Å². The summed E-state index contributed by atoms with van der Waals surface area (Å²) in [5.74, 6) is 2.27. The van der Waals surface area contributed by atoms with Crippen LogP contribution in [0.4, 0.5) is 0 Å². The van der Waals surface area contributed by atoms with Crippen molar-refractivity contribution in [3.8, 4) is 11.5 Å². The second kappa shape index (κ2) is 7.53. The van der Waals surface area contributed by atoms with E-state index in [2.05, 4.69) is 0 Å². The Balaban J connectivity index is 1.63. The zero-order valence-electron chi connectivity index (χ0n) is 13.4. The van der Waals surface area contributed by atoms with Crippen LogP contribution in [-0.4, -0.2) is 31.0 Å². The number of rotatable bonds is 6. The van der Waals surface area contributed by atoms with Gasteiger partial charge in [-0.1, -0.05) is 12.1 Å². The number of hydrogen-bond acceptors (Lipinski definition) is 5. The van der Waals surface area contributed by atoms with Gasteiger partial charge in [0.2, 0.25) is 0 Å². The van der Waals surface area contributed by atoms with Crippen LogP contribution in [0.3, 0.4) is 0 Å². The van der Waals surface area contributed by atoms with E-state index in [9.17, 15) is 9.59 Å². The average molecular weight is 342 g/mol. The molecule has 1 heterocycles. The van der Waals surface area contributed by atoms with Gasteiger partial charge >= 0.3 is 0 Å². The summed E-state index contributed by atoms with van der Waals surface area (Å²) in [6.07, 6.45) is 0.382. The van der Waals surface area contributed by atoms with Gasteiger partial charge < -0.3 is 9.47 Å². The first-order valence-corrected chi connectivity index (χ1v) is 8.76. The van der Waals surface area contributed by atoms with E-state index in [1.165, 1.54) is 0 Å².